The molecule has 1 aliphatic rings. The van der Waals surface area contributed by atoms with E-state index in [4.69, 9.17) is 4.74 Å². The first-order chi connectivity index (χ1) is 14.6. The number of hydrogen-bond acceptors (Lipinski definition) is 6. The van der Waals surface area contributed by atoms with Gasteiger partial charge in [0.2, 0.25) is 16.9 Å². The third-order valence-corrected chi connectivity index (χ3v) is 6.27. The van der Waals surface area contributed by atoms with Crippen molar-refractivity contribution in [2.45, 2.75) is 32.6 Å². The van der Waals surface area contributed by atoms with E-state index in [9.17, 15) is 9.59 Å². The minimum Gasteiger partial charge on any atom is -0.497 e. The van der Waals surface area contributed by atoms with Crippen molar-refractivity contribution < 1.29 is 14.3 Å². The lowest BCUT2D eigenvalue weighted by Crippen LogP contribution is -2.30. The summed E-state index contributed by atoms with van der Waals surface area (Å²) in [4.78, 5) is 30.1. The van der Waals surface area contributed by atoms with Crippen LogP contribution in [0.5, 0.6) is 5.75 Å². The number of carbonyl (C=O) groups is 2. The van der Waals surface area contributed by atoms with Crippen LogP contribution in [0.15, 0.2) is 24.4 Å². The highest BCUT2D eigenvalue weighted by Gasteiger charge is 2.34. The van der Waals surface area contributed by atoms with E-state index in [2.05, 4.69) is 27.4 Å². The van der Waals surface area contributed by atoms with Crippen LogP contribution in [-0.4, -0.2) is 52.1 Å². The summed E-state index contributed by atoms with van der Waals surface area (Å²) in [7, 11) is 1.65. The Hall–Kier alpha value is -2.94. The molecule has 4 rings (SSSR count). The SMILES string of the molecule is CCCc1nnc(NC(=O)[C@@H]2CC(=O)N(CCc3c[nH]c4ccc(OC)cc34)C2)s1. The van der Waals surface area contributed by atoms with Gasteiger partial charge in [-0.15, -0.1) is 10.2 Å². The van der Waals surface area contributed by atoms with Crippen LogP contribution in [0.2, 0.25) is 0 Å². The van der Waals surface area contributed by atoms with E-state index < -0.39 is 0 Å². The number of H-pyrrole nitrogens is 1. The van der Waals surface area contributed by atoms with Crippen LogP contribution >= 0.6 is 11.3 Å². The van der Waals surface area contributed by atoms with Gasteiger partial charge in [-0.2, -0.15) is 0 Å². The highest BCUT2D eigenvalue weighted by atomic mass is 32.1. The second kappa shape index (κ2) is 8.83. The number of methoxy groups -OCH3 is 1. The summed E-state index contributed by atoms with van der Waals surface area (Å²) in [5.74, 6) is 0.286. The molecule has 1 aromatic carbocycles. The van der Waals surface area contributed by atoms with E-state index in [-0.39, 0.29) is 24.2 Å². The molecule has 0 saturated carbocycles. The molecule has 0 aliphatic carbocycles. The summed E-state index contributed by atoms with van der Waals surface area (Å²) in [5.41, 5.74) is 2.16. The fraction of sp³-hybridized carbons (Fsp3) is 0.429. The number of hydrogen-bond donors (Lipinski definition) is 2. The lowest BCUT2D eigenvalue weighted by molar-refractivity contribution is -0.128. The fourth-order valence-electron chi connectivity index (χ4n) is 3.74. The smallest absolute Gasteiger partial charge is 0.231 e. The molecular formula is C21H25N5O3S. The number of nitrogens with one attached hydrogen (secondary N) is 2. The molecule has 158 valence electrons. The van der Waals surface area contributed by atoms with Gasteiger partial charge in [0.25, 0.3) is 0 Å². The number of fused-ring (bicyclic) bond motifs is 1. The van der Waals surface area contributed by atoms with E-state index in [0.717, 1.165) is 40.1 Å². The van der Waals surface area contributed by atoms with E-state index in [0.29, 0.717) is 24.6 Å². The Kier molecular flexibility index (Phi) is 5.98. The largest absolute Gasteiger partial charge is 0.497 e. The van der Waals surface area contributed by atoms with Gasteiger partial charge in [-0.3, -0.25) is 9.59 Å². The maximum absolute atomic E-state index is 12.6. The molecule has 1 fully saturated rings. The van der Waals surface area contributed by atoms with Crippen molar-refractivity contribution in [3.05, 3.63) is 35.0 Å². The Labute approximate surface area is 178 Å². The zero-order chi connectivity index (χ0) is 21.1. The Morgan fingerprint density at radius 3 is 3.03 bits per heavy atom. The zero-order valence-electron chi connectivity index (χ0n) is 17.1. The lowest BCUT2D eigenvalue weighted by Gasteiger charge is -2.16. The predicted octanol–water partition coefficient (Wildman–Crippen LogP) is 3.01. The van der Waals surface area contributed by atoms with Crippen molar-refractivity contribution in [3.8, 4) is 5.75 Å². The van der Waals surface area contributed by atoms with Crippen LogP contribution < -0.4 is 10.1 Å². The molecule has 2 amide bonds. The Balaban J connectivity index is 1.35. The molecule has 9 heteroatoms. The second-order valence-corrected chi connectivity index (χ2v) is 8.52. The lowest BCUT2D eigenvalue weighted by atomic mass is 10.1. The first-order valence-corrected chi connectivity index (χ1v) is 10.9. The number of aryl methyl sites for hydroxylation is 1. The predicted molar refractivity (Wildman–Crippen MR) is 116 cm³/mol. The molecule has 1 aliphatic heterocycles. The highest BCUT2D eigenvalue weighted by Crippen LogP contribution is 2.26. The van der Waals surface area contributed by atoms with E-state index in [1.807, 2.05) is 24.4 Å². The molecule has 0 unspecified atom stereocenters. The number of benzene rings is 1. The molecule has 1 saturated heterocycles. The summed E-state index contributed by atoms with van der Waals surface area (Å²) >= 11 is 1.39. The number of aromatic nitrogens is 3. The molecule has 1 atom stereocenters. The minimum atomic E-state index is -0.362. The third-order valence-electron chi connectivity index (χ3n) is 5.37. The number of likely N-dealkylation sites (tertiary alicyclic amines) is 1. The Morgan fingerprint density at radius 1 is 1.37 bits per heavy atom. The van der Waals surface area contributed by atoms with E-state index in [1.54, 1.807) is 12.0 Å². The van der Waals surface area contributed by atoms with Gasteiger partial charge < -0.3 is 19.9 Å². The van der Waals surface area contributed by atoms with Gasteiger partial charge in [0.1, 0.15) is 10.8 Å². The van der Waals surface area contributed by atoms with Crippen molar-refractivity contribution in [1.82, 2.24) is 20.1 Å². The summed E-state index contributed by atoms with van der Waals surface area (Å²) < 4.78 is 5.31. The summed E-state index contributed by atoms with van der Waals surface area (Å²) in [6.07, 6.45) is 4.75. The maximum Gasteiger partial charge on any atom is 0.231 e. The second-order valence-electron chi connectivity index (χ2n) is 7.46. The average molecular weight is 428 g/mol. The van der Waals surface area contributed by atoms with Crippen LogP contribution in [-0.2, 0) is 22.4 Å². The number of ether oxygens (including phenoxy) is 1. The topological polar surface area (TPSA) is 100 Å². The van der Waals surface area contributed by atoms with Crippen LogP contribution in [0, 0.1) is 5.92 Å². The Bertz CT molecular complexity index is 1060. The first-order valence-electron chi connectivity index (χ1n) is 10.1. The monoisotopic (exact) mass is 427 g/mol. The highest BCUT2D eigenvalue weighted by molar-refractivity contribution is 7.15. The van der Waals surface area contributed by atoms with Crippen molar-refractivity contribution in [1.29, 1.82) is 0 Å². The maximum atomic E-state index is 12.6. The number of aromatic amines is 1. The molecule has 0 radical (unpaired) electrons. The molecule has 8 nitrogen and oxygen atoms in total. The molecule has 0 bridgehead atoms. The van der Waals surface area contributed by atoms with Gasteiger partial charge in [0.05, 0.1) is 13.0 Å². The van der Waals surface area contributed by atoms with Crippen molar-refractivity contribution in [3.63, 3.8) is 0 Å². The number of amides is 2. The number of rotatable bonds is 8. The minimum absolute atomic E-state index is 0.0107. The fourth-order valence-corrected chi connectivity index (χ4v) is 4.58. The van der Waals surface area contributed by atoms with Crippen LogP contribution in [0.3, 0.4) is 0 Å². The van der Waals surface area contributed by atoms with Gasteiger partial charge in [-0.25, -0.2) is 0 Å². The molecule has 0 spiro atoms. The molecule has 3 heterocycles. The zero-order valence-corrected chi connectivity index (χ0v) is 17.9. The summed E-state index contributed by atoms with van der Waals surface area (Å²) in [6.45, 7) is 3.08. The average Bonchev–Trinajstić information content (AvgIpc) is 3.45. The van der Waals surface area contributed by atoms with Crippen LogP contribution in [0.1, 0.15) is 30.3 Å². The van der Waals surface area contributed by atoms with Crippen molar-refractivity contribution >= 4 is 39.2 Å². The van der Waals surface area contributed by atoms with E-state index >= 15 is 0 Å². The number of anilines is 1. The van der Waals surface area contributed by atoms with Gasteiger partial charge in [0.15, 0.2) is 0 Å². The molecule has 3 aromatic rings. The Morgan fingerprint density at radius 2 is 2.23 bits per heavy atom. The van der Waals surface area contributed by atoms with Gasteiger partial charge in [-0.05, 0) is 36.6 Å². The van der Waals surface area contributed by atoms with Gasteiger partial charge in [-0.1, -0.05) is 18.3 Å². The standard InChI is InChI=1S/C21H25N5O3S/c1-3-4-18-24-25-21(30-18)23-20(28)14-9-19(27)26(12-14)8-7-13-11-22-17-6-5-15(29-2)10-16(13)17/h5-6,10-11,14,22H,3-4,7-9,12H2,1-2H3,(H,23,25,28)/t14-/m1/s1. The summed E-state index contributed by atoms with van der Waals surface area (Å²) in [6, 6.07) is 5.90. The summed E-state index contributed by atoms with van der Waals surface area (Å²) in [5, 5.41) is 13.4. The number of carbonyl (C=O) groups excluding carboxylic acids is 2. The van der Waals surface area contributed by atoms with Crippen molar-refractivity contribution in [2.24, 2.45) is 5.92 Å². The third kappa shape index (κ3) is 4.30. The van der Waals surface area contributed by atoms with Gasteiger partial charge in [0, 0.05) is 43.0 Å². The van der Waals surface area contributed by atoms with Crippen molar-refractivity contribution in [2.75, 3.05) is 25.5 Å². The molecular weight excluding hydrogens is 402 g/mol. The van der Waals surface area contributed by atoms with Crippen LogP contribution in [0.4, 0.5) is 5.13 Å². The van der Waals surface area contributed by atoms with E-state index in [1.165, 1.54) is 11.3 Å². The van der Waals surface area contributed by atoms with Gasteiger partial charge >= 0.3 is 0 Å². The number of nitrogens with zero attached hydrogens (tertiary/aromatic N) is 3. The molecule has 30 heavy (non-hydrogen) atoms. The van der Waals surface area contributed by atoms with Crippen LogP contribution in [0.25, 0.3) is 10.9 Å². The molecule has 2 aromatic heterocycles. The first kappa shape index (κ1) is 20.3. The molecule has 2 N–H and O–H groups in total. The quantitative estimate of drug-likeness (QED) is 0.576. The normalized spacial score (nSPS) is 16.4.